The van der Waals surface area contributed by atoms with Gasteiger partial charge in [0.15, 0.2) is 8.32 Å². The van der Waals surface area contributed by atoms with Crippen molar-refractivity contribution in [2.45, 2.75) is 44.8 Å². The topological polar surface area (TPSA) is 62.7 Å². The average Bonchev–Trinajstić information content (AvgIpc) is 2.89. The number of amides is 1. The summed E-state index contributed by atoms with van der Waals surface area (Å²) in [5.74, 6) is 0.342. The Morgan fingerprint density at radius 2 is 2.13 bits per heavy atom. The van der Waals surface area contributed by atoms with Gasteiger partial charge in [-0.25, -0.2) is 4.79 Å². The molecule has 0 saturated carbocycles. The maximum absolute atomic E-state index is 11.4. The van der Waals surface area contributed by atoms with Crippen LogP contribution in [0.25, 0.3) is 0 Å². The standard InChI is InChI=1S/C17H28N2O3Si/c1-17(2,3)23(4,5)22-12-14-10-19(16(20)21)11-15(14)13-7-6-8-18-9-13/h6-9,14-15H,10-12H2,1-5H3,(H,20,21)/t14-,15-/m1/s1. The molecule has 1 N–H and O–H groups in total. The molecule has 1 amide bonds. The van der Waals surface area contributed by atoms with E-state index >= 15 is 0 Å². The molecule has 6 heteroatoms. The van der Waals surface area contributed by atoms with Gasteiger partial charge in [0, 0.05) is 43.9 Å². The Morgan fingerprint density at radius 3 is 2.65 bits per heavy atom. The number of hydrogen-bond acceptors (Lipinski definition) is 3. The molecule has 0 bridgehead atoms. The number of likely N-dealkylation sites (tertiary alicyclic amines) is 1. The van der Waals surface area contributed by atoms with Crippen molar-refractivity contribution in [3.63, 3.8) is 0 Å². The van der Waals surface area contributed by atoms with E-state index in [0.29, 0.717) is 19.7 Å². The maximum atomic E-state index is 11.4. The van der Waals surface area contributed by atoms with Crippen molar-refractivity contribution in [1.82, 2.24) is 9.88 Å². The van der Waals surface area contributed by atoms with Gasteiger partial charge in [-0.15, -0.1) is 0 Å². The minimum absolute atomic E-state index is 0.155. The van der Waals surface area contributed by atoms with E-state index in [4.69, 9.17) is 4.43 Å². The summed E-state index contributed by atoms with van der Waals surface area (Å²) in [7, 11) is -1.83. The van der Waals surface area contributed by atoms with Crippen LogP contribution in [0.4, 0.5) is 4.79 Å². The highest BCUT2D eigenvalue weighted by molar-refractivity contribution is 6.74. The molecule has 2 atom stereocenters. The Bertz CT molecular complexity index is 543. The van der Waals surface area contributed by atoms with E-state index in [2.05, 4.69) is 38.8 Å². The highest BCUT2D eigenvalue weighted by Crippen LogP contribution is 2.39. The first kappa shape index (κ1) is 17.9. The third kappa shape index (κ3) is 4.12. The van der Waals surface area contributed by atoms with E-state index < -0.39 is 14.4 Å². The molecule has 0 unspecified atom stereocenters. The number of nitrogens with zero attached hydrogens (tertiary/aromatic N) is 2. The number of carbonyl (C=O) groups is 1. The lowest BCUT2D eigenvalue weighted by molar-refractivity contribution is 0.151. The summed E-state index contributed by atoms with van der Waals surface area (Å²) in [5.41, 5.74) is 1.10. The summed E-state index contributed by atoms with van der Waals surface area (Å²) in [5, 5.41) is 9.49. The van der Waals surface area contributed by atoms with Crippen molar-refractivity contribution >= 4 is 14.4 Å². The number of carboxylic acid groups (broad SMARTS) is 1. The second-order valence-electron chi connectivity index (χ2n) is 7.91. The van der Waals surface area contributed by atoms with Crippen LogP contribution < -0.4 is 0 Å². The molecule has 1 aromatic heterocycles. The van der Waals surface area contributed by atoms with Gasteiger partial charge >= 0.3 is 6.09 Å². The molecule has 0 spiro atoms. The molecule has 5 nitrogen and oxygen atoms in total. The number of hydrogen-bond donors (Lipinski definition) is 1. The predicted molar refractivity (Wildman–Crippen MR) is 93.2 cm³/mol. The highest BCUT2D eigenvalue weighted by atomic mass is 28.4. The number of rotatable bonds is 4. The molecule has 1 aliphatic rings. The lowest BCUT2D eigenvalue weighted by Crippen LogP contribution is -2.42. The van der Waals surface area contributed by atoms with E-state index in [0.717, 1.165) is 5.56 Å². The molecule has 1 aliphatic heterocycles. The maximum Gasteiger partial charge on any atom is 0.407 e. The Morgan fingerprint density at radius 1 is 1.43 bits per heavy atom. The summed E-state index contributed by atoms with van der Waals surface area (Å²) in [6.07, 6.45) is 2.73. The number of aromatic nitrogens is 1. The molecule has 2 heterocycles. The van der Waals surface area contributed by atoms with Crippen LogP contribution in [-0.4, -0.2) is 49.1 Å². The Hall–Kier alpha value is -1.40. The van der Waals surface area contributed by atoms with Crippen molar-refractivity contribution in [2.75, 3.05) is 19.7 Å². The third-order valence-corrected chi connectivity index (χ3v) is 9.79. The number of pyridine rings is 1. The summed E-state index contributed by atoms with van der Waals surface area (Å²) in [6.45, 7) is 12.8. The molecule has 2 rings (SSSR count). The van der Waals surface area contributed by atoms with E-state index in [-0.39, 0.29) is 16.9 Å². The second-order valence-corrected chi connectivity index (χ2v) is 12.7. The molecule has 0 radical (unpaired) electrons. The van der Waals surface area contributed by atoms with Crippen LogP contribution in [0.1, 0.15) is 32.3 Å². The smallest absolute Gasteiger partial charge is 0.407 e. The van der Waals surface area contributed by atoms with Gasteiger partial charge < -0.3 is 14.4 Å². The van der Waals surface area contributed by atoms with Gasteiger partial charge in [-0.05, 0) is 29.8 Å². The van der Waals surface area contributed by atoms with Gasteiger partial charge in [0.05, 0.1) is 0 Å². The summed E-state index contributed by atoms with van der Waals surface area (Å²) in [6, 6.07) is 3.94. The fourth-order valence-corrected chi connectivity index (χ4v) is 3.76. The first-order valence-corrected chi connectivity index (χ1v) is 11.0. The van der Waals surface area contributed by atoms with Crippen molar-refractivity contribution in [1.29, 1.82) is 0 Å². The Labute approximate surface area is 139 Å². The van der Waals surface area contributed by atoms with Gasteiger partial charge in [-0.3, -0.25) is 4.98 Å². The van der Waals surface area contributed by atoms with Crippen LogP contribution in [0.5, 0.6) is 0 Å². The lowest BCUT2D eigenvalue weighted by Gasteiger charge is -2.37. The molecular formula is C17H28N2O3Si. The van der Waals surface area contributed by atoms with Crippen molar-refractivity contribution < 1.29 is 14.3 Å². The van der Waals surface area contributed by atoms with Crippen LogP contribution in [0.2, 0.25) is 18.1 Å². The quantitative estimate of drug-likeness (QED) is 0.850. The second kappa shape index (κ2) is 6.61. The fraction of sp³-hybridized carbons (Fsp3) is 0.647. The molecule has 128 valence electrons. The fourth-order valence-electron chi connectivity index (χ4n) is 2.70. The Balaban J connectivity index is 2.12. The van der Waals surface area contributed by atoms with E-state index in [1.54, 1.807) is 6.20 Å². The first-order chi connectivity index (χ1) is 10.6. The van der Waals surface area contributed by atoms with Gasteiger partial charge in [0.1, 0.15) is 0 Å². The molecule has 1 saturated heterocycles. The molecular weight excluding hydrogens is 308 g/mol. The van der Waals surface area contributed by atoms with Crippen LogP contribution in [-0.2, 0) is 4.43 Å². The van der Waals surface area contributed by atoms with Crippen molar-refractivity contribution in [3.05, 3.63) is 30.1 Å². The summed E-state index contributed by atoms with van der Waals surface area (Å²) >= 11 is 0. The molecule has 1 fully saturated rings. The van der Waals surface area contributed by atoms with Crippen molar-refractivity contribution in [2.24, 2.45) is 5.92 Å². The van der Waals surface area contributed by atoms with Crippen LogP contribution in [0.15, 0.2) is 24.5 Å². The zero-order valence-corrected chi connectivity index (χ0v) is 15.7. The zero-order valence-electron chi connectivity index (χ0n) is 14.7. The highest BCUT2D eigenvalue weighted by Gasteiger charge is 2.41. The zero-order chi connectivity index (χ0) is 17.3. The summed E-state index contributed by atoms with van der Waals surface area (Å²) < 4.78 is 6.36. The SMILES string of the molecule is CC(C)(C)[Si](C)(C)OC[C@H]1CN(C(=O)O)C[C@@H]1c1cccnc1. The first-order valence-electron chi connectivity index (χ1n) is 8.13. The average molecular weight is 337 g/mol. The minimum atomic E-state index is -1.83. The molecule has 0 aliphatic carbocycles. The molecule has 0 aromatic carbocycles. The third-order valence-electron chi connectivity index (χ3n) is 5.29. The van der Waals surface area contributed by atoms with Gasteiger partial charge in [-0.1, -0.05) is 26.8 Å². The van der Waals surface area contributed by atoms with Crippen LogP contribution in [0.3, 0.4) is 0 Å². The van der Waals surface area contributed by atoms with E-state index in [9.17, 15) is 9.90 Å². The van der Waals surface area contributed by atoms with Crippen LogP contribution in [0, 0.1) is 5.92 Å². The van der Waals surface area contributed by atoms with Crippen molar-refractivity contribution in [3.8, 4) is 0 Å². The molecule has 1 aromatic rings. The molecule has 23 heavy (non-hydrogen) atoms. The summed E-state index contributed by atoms with van der Waals surface area (Å²) in [4.78, 5) is 17.0. The van der Waals surface area contributed by atoms with Gasteiger partial charge in [0.25, 0.3) is 0 Å². The van der Waals surface area contributed by atoms with Gasteiger partial charge in [0.2, 0.25) is 0 Å². The lowest BCUT2D eigenvalue weighted by atomic mass is 9.91. The normalized spacial score (nSPS) is 22.4. The Kier molecular flexibility index (Phi) is 5.16. The van der Waals surface area contributed by atoms with Crippen LogP contribution >= 0.6 is 0 Å². The minimum Gasteiger partial charge on any atom is -0.465 e. The van der Waals surface area contributed by atoms with E-state index in [1.165, 1.54) is 4.90 Å². The largest absolute Gasteiger partial charge is 0.465 e. The monoisotopic (exact) mass is 336 g/mol. The van der Waals surface area contributed by atoms with Gasteiger partial charge in [-0.2, -0.15) is 0 Å². The van der Waals surface area contributed by atoms with E-state index in [1.807, 2.05) is 18.3 Å². The predicted octanol–water partition coefficient (Wildman–Crippen LogP) is 3.80.